The first-order chi connectivity index (χ1) is 10.2. The van der Waals surface area contributed by atoms with E-state index in [1.165, 1.54) is 7.11 Å². The molecule has 2 rings (SSSR count). The minimum atomic E-state index is -0.557. The highest BCUT2D eigenvalue weighted by Gasteiger charge is 2.25. The number of nitrogens with one attached hydrogen (secondary N) is 1. The SMILES string of the molecule is CCc1nc(NCc2ccccn2)c([N+](=O)[O-])c(OC)n1. The van der Waals surface area contributed by atoms with E-state index in [0.29, 0.717) is 18.8 Å². The highest BCUT2D eigenvalue weighted by atomic mass is 16.6. The summed E-state index contributed by atoms with van der Waals surface area (Å²) in [4.78, 5) is 23.0. The van der Waals surface area contributed by atoms with Crippen molar-refractivity contribution >= 4 is 11.5 Å². The molecule has 0 aliphatic heterocycles. The first-order valence-electron chi connectivity index (χ1n) is 6.38. The Morgan fingerprint density at radius 3 is 2.76 bits per heavy atom. The lowest BCUT2D eigenvalue weighted by molar-refractivity contribution is -0.385. The average molecular weight is 289 g/mol. The van der Waals surface area contributed by atoms with Gasteiger partial charge in [-0.15, -0.1) is 0 Å². The van der Waals surface area contributed by atoms with Gasteiger partial charge in [-0.1, -0.05) is 13.0 Å². The summed E-state index contributed by atoms with van der Waals surface area (Å²) in [5.41, 5.74) is 0.480. The van der Waals surface area contributed by atoms with Gasteiger partial charge in [0.05, 0.1) is 24.3 Å². The van der Waals surface area contributed by atoms with Gasteiger partial charge in [-0.3, -0.25) is 15.1 Å². The van der Waals surface area contributed by atoms with Crippen LogP contribution in [0.15, 0.2) is 24.4 Å². The van der Waals surface area contributed by atoms with Gasteiger partial charge >= 0.3 is 5.69 Å². The van der Waals surface area contributed by atoms with Gasteiger partial charge in [0.25, 0.3) is 5.88 Å². The van der Waals surface area contributed by atoms with Crippen molar-refractivity contribution in [1.29, 1.82) is 0 Å². The van der Waals surface area contributed by atoms with Gasteiger partial charge in [0.15, 0.2) is 0 Å². The summed E-state index contributed by atoms with van der Waals surface area (Å²) in [6.07, 6.45) is 2.20. The molecule has 1 N–H and O–H groups in total. The quantitative estimate of drug-likeness (QED) is 0.640. The number of rotatable bonds is 6. The predicted octanol–water partition coefficient (Wildman–Crippen LogP) is 1.96. The fraction of sp³-hybridized carbons (Fsp3) is 0.308. The van der Waals surface area contributed by atoms with E-state index in [4.69, 9.17) is 4.74 Å². The average Bonchev–Trinajstić information content (AvgIpc) is 2.52. The molecule has 2 aromatic heterocycles. The molecule has 0 fully saturated rings. The second-order valence-corrected chi connectivity index (χ2v) is 4.13. The molecule has 2 heterocycles. The topological polar surface area (TPSA) is 103 Å². The summed E-state index contributed by atoms with van der Waals surface area (Å²) in [6, 6.07) is 5.46. The van der Waals surface area contributed by atoms with E-state index in [0.717, 1.165) is 5.69 Å². The van der Waals surface area contributed by atoms with Crippen LogP contribution in [0.1, 0.15) is 18.4 Å². The Bertz CT molecular complexity index is 633. The summed E-state index contributed by atoms with van der Waals surface area (Å²) in [5.74, 6) is 0.561. The maximum Gasteiger partial charge on any atom is 0.372 e. The lowest BCUT2D eigenvalue weighted by atomic mass is 10.3. The van der Waals surface area contributed by atoms with Crippen LogP contribution in [0.4, 0.5) is 11.5 Å². The van der Waals surface area contributed by atoms with Crippen molar-refractivity contribution in [3.8, 4) is 5.88 Å². The summed E-state index contributed by atoms with van der Waals surface area (Å²) in [7, 11) is 1.34. The van der Waals surface area contributed by atoms with E-state index in [9.17, 15) is 10.1 Å². The van der Waals surface area contributed by atoms with Gasteiger partial charge in [-0.05, 0) is 12.1 Å². The maximum atomic E-state index is 11.2. The van der Waals surface area contributed by atoms with Crippen molar-refractivity contribution in [3.05, 3.63) is 46.0 Å². The number of pyridine rings is 1. The van der Waals surface area contributed by atoms with Crippen LogP contribution >= 0.6 is 0 Å². The van der Waals surface area contributed by atoms with Gasteiger partial charge in [-0.2, -0.15) is 4.98 Å². The van der Waals surface area contributed by atoms with Crippen LogP contribution in [-0.4, -0.2) is 27.0 Å². The number of nitro groups is 1. The molecule has 0 radical (unpaired) electrons. The second-order valence-electron chi connectivity index (χ2n) is 4.13. The molecule has 2 aromatic rings. The van der Waals surface area contributed by atoms with Crippen LogP contribution in [0, 0.1) is 10.1 Å². The number of nitrogens with zero attached hydrogens (tertiary/aromatic N) is 4. The summed E-state index contributed by atoms with van der Waals surface area (Å²) in [5, 5.41) is 14.1. The smallest absolute Gasteiger partial charge is 0.372 e. The van der Waals surface area contributed by atoms with E-state index < -0.39 is 4.92 Å². The first-order valence-corrected chi connectivity index (χ1v) is 6.38. The number of anilines is 1. The van der Waals surface area contributed by atoms with E-state index in [-0.39, 0.29) is 17.4 Å². The van der Waals surface area contributed by atoms with E-state index in [1.807, 2.05) is 19.1 Å². The third kappa shape index (κ3) is 3.41. The molecule has 0 aliphatic rings. The highest BCUT2D eigenvalue weighted by Crippen LogP contribution is 2.31. The lowest BCUT2D eigenvalue weighted by Crippen LogP contribution is -2.10. The van der Waals surface area contributed by atoms with Crippen molar-refractivity contribution in [2.75, 3.05) is 12.4 Å². The number of hydrogen-bond acceptors (Lipinski definition) is 7. The zero-order valence-electron chi connectivity index (χ0n) is 11.7. The van der Waals surface area contributed by atoms with E-state index >= 15 is 0 Å². The number of aryl methyl sites for hydroxylation is 1. The van der Waals surface area contributed by atoms with Crippen LogP contribution in [0.5, 0.6) is 5.88 Å². The third-order valence-electron chi connectivity index (χ3n) is 2.75. The molecular weight excluding hydrogens is 274 g/mol. The van der Waals surface area contributed by atoms with Crippen LogP contribution in [0.3, 0.4) is 0 Å². The van der Waals surface area contributed by atoms with Crippen LogP contribution in [0.2, 0.25) is 0 Å². The largest absolute Gasteiger partial charge is 0.476 e. The highest BCUT2D eigenvalue weighted by molar-refractivity contribution is 5.61. The van der Waals surface area contributed by atoms with Crippen molar-refractivity contribution in [3.63, 3.8) is 0 Å². The molecule has 0 aromatic carbocycles. The Labute approximate surface area is 121 Å². The lowest BCUT2D eigenvalue weighted by Gasteiger charge is -2.09. The number of methoxy groups -OCH3 is 1. The minimum Gasteiger partial charge on any atom is -0.476 e. The van der Waals surface area contributed by atoms with Gasteiger partial charge in [0.2, 0.25) is 5.82 Å². The summed E-state index contributed by atoms with van der Waals surface area (Å²) in [6.45, 7) is 2.19. The fourth-order valence-electron chi connectivity index (χ4n) is 1.74. The Balaban J connectivity index is 2.34. The van der Waals surface area contributed by atoms with Crippen molar-refractivity contribution < 1.29 is 9.66 Å². The Morgan fingerprint density at radius 1 is 1.38 bits per heavy atom. The molecule has 0 aliphatic carbocycles. The van der Waals surface area contributed by atoms with Gasteiger partial charge in [-0.25, -0.2) is 4.98 Å². The summed E-state index contributed by atoms with van der Waals surface area (Å²) < 4.78 is 4.99. The number of hydrogen-bond donors (Lipinski definition) is 1. The second kappa shape index (κ2) is 6.60. The zero-order valence-corrected chi connectivity index (χ0v) is 11.7. The van der Waals surface area contributed by atoms with Crippen LogP contribution in [0.25, 0.3) is 0 Å². The molecule has 21 heavy (non-hydrogen) atoms. The molecule has 0 unspecified atom stereocenters. The minimum absolute atomic E-state index is 0.0460. The van der Waals surface area contributed by atoms with Crippen LogP contribution < -0.4 is 10.1 Å². The molecule has 0 bridgehead atoms. The Kier molecular flexibility index (Phi) is 4.60. The monoisotopic (exact) mass is 289 g/mol. The zero-order chi connectivity index (χ0) is 15.2. The molecule has 110 valence electrons. The molecule has 0 atom stereocenters. The van der Waals surface area contributed by atoms with Gasteiger partial charge < -0.3 is 10.1 Å². The molecular formula is C13H15N5O3. The summed E-state index contributed by atoms with van der Waals surface area (Å²) >= 11 is 0. The number of ether oxygens (including phenoxy) is 1. The molecule has 8 heteroatoms. The van der Waals surface area contributed by atoms with Gasteiger partial charge in [0, 0.05) is 12.6 Å². The molecule has 0 spiro atoms. The number of aromatic nitrogens is 3. The van der Waals surface area contributed by atoms with E-state index in [2.05, 4.69) is 20.3 Å². The molecule has 0 saturated carbocycles. The molecule has 8 nitrogen and oxygen atoms in total. The Morgan fingerprint density at radius 2 is 2.19 bits per heavy atom. The predicted molar refractivity (Wildman–Crippen MR) is 76.2 cm³/mol. The molecule has 0 amide bonds. The normalized spacial score (nSPS) is 10.2. The standard InChI is InChI=1S/C13H15N5O3/c1-3-10-16-12(11(18(19)20)13(17-10)21-2)15-8-9-6-4-5-7-14-9/h4-7H,3,8H2,1-2H3,(H,15,16,17). The van der Waals surface area contributed by atoms with E-state index in [1.54, 1.807) is 12.3 Å². The molecule has 0 saturated heterocycles. The maximum absolute atomic E-state index is 11.2. The van der Waals surface area contributed by atoms with Crippen molar-refractivity contribution in [2.45, 2.75) is 19.9 Å². The van der Waals surface area contributed by atoms with Crippen LogP contribution in [-0.2, 0) is 13.0 Å². The Hall–Kier alpha value is -2.77. The fourth-order valence-corrected chi connectivity index (χ4v) is 1.74. The van der Waals surface area contributed by atoms with Crippen molar-refractivity contribution in [2.24, 2.45) is 0 Å². The van der Waals surface area contributed by atoms with Gasteiger partial charge in [0.1, 0.15) is 5.82 Å². The van der Waals surface area contributed by atoms with Crippen molar-refractivity contribution in [1.82, 2.24) is 15.0 Å². The first kappa shape index (κ1) is 14.6. The third-order valence-corrected chi connectivity index (χ3v) is 2.75.